The lowest BCUT2D eigenvalue weighted by Gasteiger charge is -2.25. The highest BCUT2D eigenvalue weighted by molar-refractivity contribution is 5.85. The Hall–Kier alpha value is -0.490. The normalized spacial score (nSPS) is 19.0. The van der Waals surface area contributed by atoms with E-state index in [4.69, 9.17) is 5.73 Å². The van der Waals surface area contributed by atoms with Crippen molar-refractivity contribution in [2.24, 2.45) is 11.1 Å². The predicted octanol–water partition coefficient (Wildman–Crippen LogP) is 1.61. The molecule has 0 aromatic rings. The van der Waals surface area contributed by atoms with E-state index in [2.05, 4.69) is 0 Å². The van der Waals surface area contributed by atoms with Gasteiger partial charge in [-0.25, -0.2) is 0 Å². The molecule has 0 saturated heterocycles. The summed E-state index contributed by atoms with van der Waals surface area (Å²) in [5.74, 6) is -0.556. The molecule has 0 unspecified atom stereocenters. The van der Waals surface area contributed by atoms with Crippen LogP contribution in [-0.4, -0.2) is 25.2 Å². The van der Waals surface area contributed by atoms with E-state index in [0.717, 1.165) is 12.8 Å². The van der Waals surface area contributed by atoms with Gasteiger partial charge in [0.1, 0.15) is 6.54 Å². The summed E-state index contributed by atoms with van der Waals surface area (Å²) in [7, 11) is 0. The molecule has 0 atom stereocenters. The van der Waals surface area contributed by atoms with Crippen molar-refractivity contribution in [2.75, 3.05) is 13.1 Å². The molecule has 3 nitrogen and oxygen atoms in total. The van der Waals surface area contributed by atoms with E-state index in [1.807, 2.05) is 5.32 Å². The lowest BCUT2D eigenvalue weighted by atomic mass is 9.85. The van der Waals surface area contributed by atoms with Gasteiger partial charge in [0.2, 0.25) is 5.91 Å². The van der Waals surface area contributed by atoms with Crippen LogP contribution in [0.4, 0.5) is 13.2 Å². The molecular weight excluding hydrogens is 245 g/mol. The number of carbonyl (C=O) groups is 1. The Morgan fingerprint density at radius 2 is 1.81 bits per heavy atom. The first-order valence-electron chi connectivity index (χ1n) is 4.95. The van der Waals surface area contributed by atoms with Gasteiger partial charge in [-0.1, -0.05) is 12.8 Å². The molecule has 0 aliphatic heterocycles. The Morgan fingerprint density at radius 1 is 1.31 bits per heavy atom. The van der Waals surface area contributed by atoms with Gasteiger partial charge >= 0.3 is 6.18 Å². The van der Waals surface area contributed by atoms with E-state index in [1.165, 1.54) is 0 Å². The monoisotopic (exact) mass is 260 g/mol. The first-order chi connectivity index (χ1) is 6.90. The Bertz CT molecular complexity index is 239. The second-order valence-electron chi connectivity index (χ2n) is 3.99. The molecule has 0 aromatic carbocycles. The van der Waals surface area contributed by atoms with E-state index < -0.39 is 24.0 Å². The SMILES string of the molecule is Cl.NCC1(C(=O)NCC(F)(F)F)CCCC1. The van der Waals surface area contributed by atoms with Crippen LogP contribution in [0.3, 0.4) is 0 Å². The largest absolute Gasteiger partial charge is 0.405 e. The lowest BCUT2D eigenvalue weighted by Crippen LogP contribution is -2.46. The van der Waals surface area contributed by atoms with E-state index in [1.54, 1.807) is 0 Å². The minimum atomic E-state index is -4.36. The van der Waals surface area contributed by atoms with Crippen molar-refractivity contribution in [2.45, 2.75) is 31.9 Å². The fraction of sp³-hybridized carbons (Fsp3) is 0.889. The van der Waals surface area contributed by atoms with Gasteiger partial charge in [-0.15, -0.1) is 12.4 Å². The number of carbonyl (C=O) groups excluding carboxylic acids is 1. The van der Waals surface area contributed by atoms with Gasteiger partial charge in [-0.05, 0) is 12.8 Å². The molecule has 1 saturated carbocycles. The molecule has 0 bridgehead atoms. The highest BCUT2D eigenvalue weighted by Crippen LogP contribution is 2.37. The summed E-state index contributed by atoms with van der Waals surface area (Å²) in [6, 6.07) is 0. The van der Waals surface area contributed by atoms with E-state index in [9.17, 15) is 18.0 Å². The summed E-state index contributed by atoms with van der Waals surface area (Å²) in [6.45, 7) is -1.15. The Kier molecular flexibility index (Phi) is 5.55. The molecule has 0 aromatic heterocycles. The van der Waals surface area contributed by atoms with Crippen molar-refractivity contribution in [1.82, 2.24) is 5.32 Å². The van der Waals surface area contributed by atoms with Crippen molar-refractivity contribution in [3.05, 3.63) is 0 Å². The molecule has 0 radical (unpaired) electrons. The van der Waals surface area contributed by atoms with E-state index >= 15 is 0 Å². The second kappa shape index (κ2) is 5.72. The number of alkyl halides is 3. The first-order valence-corrected chi connectivity index (χ1v) is 4.95. The summed E-state index contributed by atoms with van der Waals surface area (Å²) >= 11 is 0. The Morgan fingerprint density at radius 3 is 2.19 bits per heavy atom. The minimum Gasteiger partial charge on any atom is -0.346 e. The molecule has 0 heterocycles. The summed E-state index contributed by atoms with van der Waals surface area (Å²) in [4.78, 5) is 11.6. The molecular formula is C9H16ClF3N2O. The van der Waals surface area contributed by atoms with Crippen LogP contribution in [0.15, 0.2) is 0 Å². The third-order valence-corrected chi connectivity index (χ3v) is 2.88. The van der Waals surface area contributed by atoms with Crippen LogP contribution in [-0.2, 0) is 4.79 Å². The van der Waals surface area contributed by atoms with Crippen LogP contribution in [0.25, 0.3) is 0 Å². The zero-order valence-corrected chi connectivity index (χ0v) is 9.59. The average Bonchev–Trinajstić information content (AvgIpc) is 2.62. The van der Waals surface area contributed by atoms with Gasteiger partial charge in [-0.3, -0.25) is 4.79 Å². The van der Waals surface area contributed by atoms with Gasteiger partial charge in [0, 0.05) is 6.54 Å². The van der Waals surface area contributed by atoms with E-state index in [0.29, 0.717) is 12.8 Å². The fourth-order valence-electron chi connectivity index (χ4n) is 1.94. The van der Waals surface area contributed by atoms with Crippen LogP contribution in [0.5, 0.6) is 0 Å². The zero-order chi connectivity index (χ0) is 11.5. The van der Waals surface area contributed by atoms with Crippen LogP contribution in [0.2, 0.25) is 0 Å². The molecule has 1 amide bonds. The fourth-order valence-corrected chi connectivity index (χ4v) is 1.94. The number of halogens is 4. The maximum absolute atomic E-state index is 11.9. The molecule has 0 spiro atoms. The maximum atomic E-state index is 11.9. The number of nitrogens with two attached hydrogens (primary N) is 1. The van der Waals surface area contributed by atoms with Crippen LogP contribution in [0, 0.1) is 5.41 Å². The third kappa shape index (κ3) is 3.83. The van der Waals surface area contributed by atoms with Gasteiger partial charge in [-0.2, -0.15) is 13.2 Å². The molecule has 1 aliphatic rings. The summed E-state index contributed by atoms with van der Waals surface area (Å²) in [6.07, 6.45) is -1.46. The number of hydrogen-bond acceptors (Lipinski definition) is 2. The molecule has 96 valence electrons. The van der Waals surface area contributed by atoms with Gasteiger partial charge in [0.15, 0.2) is 0 Å². The van der Waals surface area contributed by atoms with Gasteiger partial charge in [0.05, 0.1) is 5.41 Å². The van der Waals surface area contributed by atoms with Crippen molar-refractivity contribution in [3.8, 4) is 0 Å². The molecule has 16 heavy (non-hydrogen) atoms. The van der Waals surface area contributed by atoms with Crippen molar-refractivity contribution in [3.63, 3.8) is 0 Å². The van der Waals surface area contributed by atoms with Gasteiger partial charge in [0.25, 0.3) is 0 Å². The molecule has 3 N–H and O–H groups in total. The smallest absolute Gasteiger partial charge is 0.346 e. The lowest BCUT2D eigenvalue weighted by molar-refractivity contribution is -0.144. The van der Waals surface area contributed by atoms with Crippen molar-refractivity contribution >= 4 is 18.3 Å². The van der Waals surface area contributed by atoms with Crippen molar-refractivity contribution < 1.29 is 18.0 Å². The molecule has 7 heteroatoms. The van der Waals surface area contributed by atoms with E-state index in [-0.39, 0.29) is 19.0 Å². The van der Waals surface area contributed by atoms with Crippen LogP contribution < -0.4 is 11.1 Å². The summed E-state index contributed by atoms with van der Waals surface area (Å²) in [5.41, 5.74) is 4.71. The highest BCUT2D eigenvalue weighted by atomic mass is 35.5. The number of nitrogens with one attached hydrogen (secondary N) is 1. The summed E-state index contributed by atoms with van der Waals surface area (Å²) < 4.78 is 35.7. The standard InChI is InChI=1S/C9H15F3N2O.ClH/c10-9(11,12)6-14-7(15)8(5-13)3-1-2-4-8;/h1-6,13H2,(H,14,15);1H. The summed E-state index contributed by atoms with van der Waals surface area (Å²) in [5, 5.41) is 1.91. The number of rotatable bonds is 3. The Balaban J connectivity index is 0.00000225. The molecule has 1 aliphatic carbocycles. The minimum absolute atomic E-state index is 0. The predicted molar refractivity (Wildman–Crippen MR) is 56.3 cm³/mol. The van der Waals surface area contributed by atoms with Gasteiger partial charge < -0.3 is 11.1 Å². The molecule has 1 fully saturated rings. The Labute approximate surface area is 98.4 Å². The number of amides is 1. The van der Waals surface area contributed by atoms with Crippen molar-refractivity contribution in [1.29, 1.82) is 0 Å². The second-order valence-corrected chi connectivity index (χ2v) is 3.99. The quantitative estimate of drug-likeness (QED) is 0.810. The van der Waals surface area contributed by atoms with Crippen LogP contribution >= 0.6 is 12.4 Å². The first kappa shape index (κ1) is 15.5. The maximum Gasteiger partial charge on any atom is 0.405 e. The number of hydrogen-bond donors (Lipinski definition) is 2. The average molecular weight is 261 g/mol. The topological polar surface area (TPSA) is 55.1 Å². The molecule has 1 rings (SSSR count). The zero-order valence-electron chi connectivity index (χ0n) is 8.77. The highest BCUT2D eigenvalue weighted by Gasteiger charge is 2.41. The third-order valence-electron chi connectivity index (χ3n) is 2.88. The van der Waals surface area contributed by atoms with Crippen LogP contribution in [0.1, 0.15) is 25.7 Å².